The molecule has 22 heavy (non-hydrogen) atoms. The molecule has 3 heterocycles. The molecule has 1 atom stereocenters. The molecule has 0 aromatic heterocycles. The van der Waals surface area contributed by atoms with Gasteiger partial charge in [0, 0.05) is 42.1 Å². The van der Waals surface area contributed by atoms with Gasteiger partial charge in [-0.3, -0.25) is 0 Å². The Balaban J connectivity index is 1.71. The molecular weight excluding hydrogens is 286 g/mol. The molecule has 0 N–H and O–H groups in total. The first-order chi connectivity index (χ1) is 10.8. The lowest BCUT2D eigenvalue weighted by atomic mass is 10.1. The summed E-state index contributed by atoms with van der Waals surface area (Å²) < 4.78 is 0. The smallest absolute Gasteiger partial charge is 0.101 e. The van der Waals surface area contributed by atoms with Crippen LogP contribution in [0.5, 0.6) is 0 Å². The van der Waals surface area contributed by atoms with Crippen molar-refractivity contribution in [3.05, 3.63) is 11.9 Å². The third kappa shape index (κ3) is 4.29. The number of hydrogen-bond donors (Lipinski definition) is 0. The van der Waals surface area contributed by atoms with Crippen LogP contribution < -0.4 is 0 Å². The van der Waals surface area contributed by atoms with E-state index in [0.29, 0.717) is 0 Å². The maximum atomic E-state index is 2.75. The van der Waals surface area contributed by atoms with E-state index in [1.54, 1.807) is 5.82 Å². The van der Waals surface area contributed by atoms with Crippen LogP contribution in [0.2, 0.25) is 0 Å². The summed E-state index contributed by atoms with van der Waals surface area (Å²) in [6, 6.07) is 0. The molecule has 3 aliphatic rings. The Labute approximate surface area is 140 Å². The number of nitrogens with zero attached hydrogens (tertiary/aromatic N) is 3. The van der Waals surface area contributed by atoms with E-state index in [1.807, 2.05) is 0 Å². The maximum Gasteiger partial charge on any atom is 0.101 e. The normalized spacial score (nSPS) is 26.0. The highest BCUT2D eigenvalue weighted by Gasteiger charge is 2.23. The van der Waals surface area contributed by atoms with Gasteiger partial charge in [0.1, 0.15) is 5.82 Å². The minimum absolute atomic E-state index is 0.735. The highest BCUT2D eigenvalue weighted by Crippen LogP contribution is 2.23. The summed E-state index contributed by atoms with van der Waals surface area (Å²) in [6.45, 7) is 7.82. The first-order valence-corrected chi connectivity index (χ1v) is 11.0. The van der Waals surface area contributed by atoms with Gasteiger partial charge in [-0.1, -0.05) is 6.42 Å². The molecule has 0 aromatic rings. The molecule has 0 aliphatic carbocycles. The number of likely N-dealkylation sites (tertiary alicyclic amines) is 3. The molecule has 3 aliphatic heterocycles. The summed E-state index contributed by atoms with van der Waals surface area (Å²) in [5, 5.41) is 0. The molecule has 3 saturated heterocycles. The van der Waals surface area contributed by atoms with E-state index in [4.69, 9.17) is 0 Å². The van der Waals surface area contributed by atoms with Crippen molar-refractivity contribution in [2.75, 3.05) is 39.3 Å². The van der Waals surface area contributed by atoms with Gasteiger partial charge in [0.2, 0.25) is 0 Å². The molecule has 0 radical (unpaired) electrons. The molecule has 0 amide bonds. The minimum atomic E-state index is 0.735. The fourth-order valence-corrected chi connectivity index (χ4v) is 5.12. The molecule has 126 valence electrons. The topological polar surface area (TPSA) is 9.72 Å². The third-order valence-corrected chi connectivity index (χ3v) is 6.78. The Morgan fingerprint density at radius 2 is 1.05 bits per heavy atom. The van der Waals surface area contributed by atoms with Crippen molar-refractivity contribution in [2.24, 2.45) is 0 Å². The van der Waals surface area contributed by atoms with E-state index in [2.05, 4.69) is 20.8 Å². The lowest BCUT2D eigenvalue weighted by Crippen LogP contribution is -2.44. The average molecular weight is 322 g/mol. The van der Waals surface area contributed by atoms with Gasteiger partial charge in [0.15, 0.2) is 0 Å². The van der Waals surface area contributed by atoms with E-state index < -0.39 is 0 Å². The SMILES string of the molecule is [SiH3]C(C=C(N1CCCCC1)N1CCCCC1)N1CCCCC1. The predicted octanol–water partition coefficient (Wildman–Crippen LogP) is 1.98. The fourth-order valence-electron chi connectivity index (χ4n) is 4.30. The predicted molar refractivity (Wildman–Crippen MR) is 98.1 cm³/mol. The molecule has 0 bridgehead atoms. The lowest BCUT2D eigenvalue weighted by molar-refractivity contribution is 0.160. The monoisotopic (exact) mass is 321 g/mol. The minimum Gasteiger partial charge on any atom is -0.359 e. The Morgan fingerprint density at radius 1 is 0.636 bits per heavy atom. The lowest BCUT2D eigenvalue weighted by Gasteiger charge is -2.41. The van der Waals surface area contributed by atoms with E-state index in [9.17, 15) is 0 Å². The Bertz CT molecular complexity index is 333. The van der Waals surface area contributed by atoms with Crippen LogP contribution in [0.3, 0.4) is 0 Å². The summed E-state index contributed by atoms with van der Waals surface area (Å²) in [4.78, 5) is 8.18. The van der Waals surface area contributed by atoms with Crippen molar-refractivity contribution in [2.45, 2.75) is 63.5 Å². The average Bonchev–Trinajstić information content (AvgIpc) is 2.62. The molecule has 3 rings (SSSR count). The molecule has 1 unspecified atom stereocenters. The van der Waals surface area contributed by atoms with Gasteiger partial charge in [-0.25, -0.2) is 0 Å². The summed E-state index contributed by atoms with van der Waals surface area (Å²) in [7, 11) is 1.27. The van der Waals surface area contributed by atoms with Crippen LogP contribution in [0, 0.1) is 0 Å². The van der Waals surface area contributed by atoms with Crippen molar-refractivity contribution in [1.82, 2.24) is 14.7 Å². The zero-order chi connectivity index (χ0) is 15.2. The first kappa shape index (κ1) is 16.4. The van der Waals surface area contributed by atoms with Gasteiger partial charge in [-0.2, -0.15) is 0 Å². The summed E-state index contributed by atoms with van der Waals surface area (Å²) in [6.07, 6.45) is 15.3. The van der Waals surface area contributed by atoms with Gasteiger partial charge in [-0.15, -0.1) is 0 Å². The Hall–Kier alpha value is -0.483. The van der Waals surface area contributed by atoms with Gasteiger partial charge < -0.3 is 14.7 Å². The molecule has 0 aromatic carbocycles. The van der Waals surface area contributed by atoms with Gasteiger partial charge in [0.05, 0.1) is 0 Å². The molecule has 0 spiro atoms. The van der Waals surface area contributed by atoms with Crippen molar-refractivity contribution in [3.63, 3.8) is 0 Å². The molecule has 3 fully saturated rings. The van der Waals surface area contributed by atoms with Crippen LogP contribution in [-0.4, -0.2) is 69.9 Å². The summed E-state index contributed by atoms with van der Waals surface area (Å²) >= 11 is 0. The molecule has 3 nitrogen and oxygen atoms in total. The number of piperidine rings is 3. The van der Waals surface area contributed by atoms with Crippen LogP contribution >= 0.6 is 0 Å². The zero-order valence-electron chi connectivity index (χ0n) is 14.6. The summed E-state index contributed by atoms with van der Waals surface area (Å²) in [5.41, 5.74) is 0.735. The number of rotatable bonds is 4. The third-order valence-electron chi connectivity index (χ3n) is 5.72. The standard InChI is InChI=1S/C18H35N3Si/c22-18(21-14-8-3-9-15-21)16-17(19-10-4-1-5-11-19)20-12-6-2-7-13-20/h16,18H,1-15H2,22H3. The fraction of sp³-hybridized carbons (Fsp3) is 0.889. The largest absolute Gasteiger partial charge is 0.359 e. The van der Waals surface area contributed by atoms with E-state index >= 15 is 0 Å². The van der Waals surface area contributed by atoms with Crippen LogP contribution in [0.15, 0.2) is 11.9 Å². The van der Waals surface area contributed by atoms with Crippen LogP contribution in [0.1, 0.15) is 57.8 Å². The molecule has 0 saturated carbocycles. The van der Waals surface area contributed by atoms with Gasteiger partial charge in [-0.05, 0) is 70.5 Å². The van der Waals surface area contributed by atoms with Crippen molar-refractivity contribution in [1.29, 1.82) is 0 Å². The van der Waals surface area contributed by atoms with Crippen LogP contribution in [-0.2, 0) is 0 Å². The summed E-state index contributed by atoms with van der Waals surface area (Å²) in [5.74, 6) is 1.60. The second-order valence-electron chi connectivity index (χ2n) is 7.46. The van der Waals surface area contributed by atoms with Crippen molar-refractivity contribution < 1.29 is 0 Å². The Kier molecular flexibility index (Phi) is 6.25. The second-order valence-corrected chi connectivity index (χ2v) is 8.64. The quantitative estimate of drug-likeness (QED) is 0.733. The number of hydrogen-bond acceptors (Lipinski definition) is 3. The Morgan fingerprint density at radius 3 is 1.50 bits per heavy atom. The highest BCUT2D eigenvalue weighted by molar-refractivity contribution is 6.13. The molecular formula is C18H35N3Si. The maximum absolute atomic E-state index is 2.75. The molecule has 4 heteroatoms. The van der Waals surface area contributed by atoms with Crippen LogP contribution in [0.25, 0.3) is 0 Å². The van der Waals surface area contributed by atoms with Crippen molar-refractivity contribution >= 4 is 10.2 Å². The van der Waals surface area contributed by atoms with Crippen molar-refractivity contribution in [3.8, 4) is 0 Å². The van der Waals surface area contributed by atoms with Gasteiger partial charge in [0.25, 0.3) is 0 Å². The van der Waals surface area contributed by atoms with E-state index in [0.717, 1.165) is 5.67 Å². The first-order valence-electron chi connectivity index (χ1n) is 9.80. The van der Waals surface area contributed by atoms with Gasteiger partial charge >= 0.3 is 0 Å². The highest BCUT2D eigenvalue weighted by atomic mass is 28.1. The second kappa shape index (κ2) is 8.39. The zero-order valence-corrected chi connectivity index (χ0v) is 16.6. The van der Waals surface area contributed by atoms with E-state index in [-0.39, 0.29) is 0 Å². The van der Waals surface area contributed by atoms with Crippen LogP contribution in [0.4, 0.5) is 0 Å². The van der Waals surface area contributed by atoms with E-state index in [1.165, 1.54) is 107 Å².